The number of pyridine rings is 1. The van der Waals surface area contributed by atoms with Crippen molar-refractivity contribution >= 4 is 5.65 Å². The van der Waals surface area contributed by atoms with Gasteiger partial charge >= 0.3 is 5.69 Å². The Morgan fingerprint density at radius 3 is 2.86 bits per heavy atom. The van der Waals surface area contributed by atoms with Gasteiger partial charge in [-0.1, -0.05) is 18.2 Å². The van der Waals surface area contributed by atoms with Gasteiger partial charge < -0.3 is 9.72 Å². The van der Waals surface area contributed by atoms with E-state index in [4.69, 9.17) is 5.10 Å². The van der Waals surface area contributed by atoms with Crippen LogP contribution < -0.4 is 11.0 Å². The second kappa shape index (κ2) is 7.33. The summed E-state index contributed by atoms with van der Waals surface area (Å²) in [6, 6.07) is 13.9. The molecule has 0 unspecified atom stereocenters. The summed E-state index contributed by atoms with van der Waals surface area (Å²) in [7, 11) is 0. The van der Waals surface area contributed by atoms with E-state index in [0.29, 0.717) is 6.54 Å². The SMILES string of the molecule is Cc1ccn2cc(Cn3nc([C@@H]4CCCNC4)n(-c4ccccc4)c3=O)nc2c1. The predicted molar refractivity (Wildman–Crippen MR) is 112 cm³/mol. The number of imidazole rings is 1. The van der Waals surface area contributed by atoms with E-state index in [1.165, 1.54) is 0 Å². The third-order valence-electron chi connectivity index (χ3n) is 5.52. The lowest BCUT2D eigenvalue weighted by atomic mass is 9.99. The van der Waals surface area contributed by atoms with Gasteiger partial charge in [0.1, 0.15) is 11.5 Å². The van der Waals surface area contributed by atoms with Gasteiger partial charge in [-0.25, -0.2) is 19.0 Å². The number of piperidine rings is 1. The summed E-state index contributed by atoms with van der Waals surface area (Å²) in [5, 5.41) is 8.20. The predicted octanol–water partition coefficient (Wildman–Crippen LogP) is 2.51. The smallest absolute Gasteiger partial charge is 0.316 e. The van der Waals surface area contributed by atoms with E-state index >= 15 is 0 Å². The maximum Gasteiger partial charge on any atom is 0.350 e. The van der Waals surface area contributed by atoms with E-state index in [1.807, 2.05) is 66.2 Å². The molecular weight excluding hydrogens is 364 g/mol. The van der Waals surface area contributed by atoms with E-state index in [0.717, 1.165) is 54.3 Å². The number of nitrogens with zero attached hydrogens (tertiary/aromatic N) is 5. The Kier molecular flexibility index (Phi) is 4.52. The zero-order valence-electron chi connectivity index (χ0n) is 16.5. The van der Waals surface area contributed by atoms with Gasteiger partial charge in [-0.3, -0.25) is 0 Å². The Hall–Kier alpha value is -3.19. The third-order valence-corrected chi connectivity index (χ3v) is 5.52. The number of para-hydroxylation sites is 1. The van der Waals surface area contributed by atoms with Gasteiger partial charge in [-0.05, 0) is 56.1 Å². The maximum atomic E-state index is 13.3. The quantitative estimate of drug-likeness (QED) is 0.583. The van der Waals surface area contributed by atoms with Crippen LogP contribution in [-0.2, 0) is 6.54 Å². The van der Waals surface area contributed by atoms with E-state index < -0.39 is 0 Å². The minimum Gasteiger partial charge on any atom is -0.316 e. The largest absolute Gasteiger partial charge is 0.350 e. The Balaban J connectivity index is 1.57. The maximum absolute atomic E-state index is 13.3. The Morgan fingerprint density at radius 2 is 2.07 bits per heavy atom. The highest BCUT2D eigenvalue weighted by molar-refractivity contribution is 5.42. The van der Waals surface area contributed by atoms with Crippen LogP contribution in [-0.4, -0.2) is 36.8 Å². The summed E-state index contributed by atoms with van der Waals surface area (Å²) >= 11 is 0. The summed E-state index contributed by atoms with van der Waals surface area (Å²) in [6.45, 7) is 4.27. The average molecular weight is 388 g/mol. The van der Waals surface area contributed by atoms with Crippen molar-refractivity contribution in [3.05, 3.63) is 82.4 Å². The summed E-state index contributed by atoms with van der Waals surface area (Å²) in [4.78, 5) is 18.0. The zero-order chi connectivity index (χ0) is 19.8. The Labute approximate surface area is 168 Å². The van der Waals surface area contributed by atoms with Crippen LogP contribution in [0.4, 0.5) is 0 Å². The van der Waals surface area contributed by atoms with Crippen molar-refractivity contribution in [2.24, 2.45) is 0 Å². The number of hydrogen-bond acceptors (Lipinski definition) is 4. The van der Waals surface area contributed by atoms with Crippen LogP contribution in [0.2, 0.25) is 0 Å². The van der Waals surface area contributed by atoms with E-state index in [2.05, 4.69) is 10.3 Å². The molecule has 0 aliphatic carbocycles. The van der Waals surface area contributed by atoms with Gasteiger partial charge in [-0.2, -0.15) is 5.10 Å². The van der Waals surface area contributed by atoms with Gasteiger partial charge in [0.2, 0.25) is 0 Å². The number of aryl methyl sites for hydroxylation is 1. The number of aromatic nitrogens is 5. The second-order valence-electron chi connectivity index (χ2n) is 7.71. The minimum atomic E-state index is -0.120. The van der Waals surface area contributed by atoms with Crippen LogP contribution in [0.3, 0.4) is 0 Å². The lowest BCUT2D eigenvalue weighted by molar-refractivity contribution is 0.439. The fourth-order valence-electron chi connectivity index (χ4n) is 4.05. The molecule has 1 aromatic carbocycles. The Morgan fingerprint density at radius 1 is 1.21 bits per heavy atom. The first-order valence-electron chi connectivity index (χ1n) is 10.1. The summed E-state index contributed by atoms with van der Waals surface area (Å²) in [5.41, 5.74) is 3.60. The normalized spacial score (nSPS) is 17.1. The molecule has 1 N–H and O–H groups in total. The topological polar surface area (TPSA) is 69.2 Å². The van der Waals surface area contributed by atoms with Crippen molar-refractivity contribution in [3.63, 3.8) is 0 Å². The monoisotopic (exact) mass is 388 g/mol. The van der Waals surface area contributed by atoms with E-state index in [9.17, 15) is 4.79 Å². The highest BCUT2D eigenvalue weighted by Gasteiger charge is 2.25. The first kappa shape index (κ1) is 17.9. The third kappa shape index (κ3) is 3.38. The summed E-state index contributed by atoms with van der Waals surface area (Å²) in [6.07, 6.45) is 6.08. The number of hydrogen-bond donors (Lipinski definition) is 1. The zero-order valence-corrected chi connectivity index (χ0v) is 16.5. The molecule has 4 aromatic rings. The van der Waals surface area contributed by atoms with Gasteiger partial charge in [-0.15, -0.1) is 0 Å². The van der Waals surface area contributed by atoms with Crippen molar-refractivity contribution in [1.29, 1.82) is 0 Å². The molecule has 0 amide bonds. The molecule has 0 saturated carbocycles. The molecule has 1 saturated heterocycles. The molecule has 7 nitrogen and oxygen atoms in total. The molecule has 0 spiro atoms. The van der Waals surface area contributed by atoms with Crippen LogP contribution in [0.1, 0.15) is 35.8 Å². The van der Waals surface area contributed by atoms with Crippen molar-refractivity contribution in [2.75, 3.05) is 13.1 Å². The van der Waals surface area contributed by atoms with Crippen molar-refractivity contribution in [2.45, 2.75) is 32.2 Å². The molecule has 0 radical (unpaired) electrons. The number of nitrogens with one attached hydrogen (secondary N) is 1. The molecule has 1 atom stereocenters. The summed E-state index contributed by atoms with van der Waals surface area (Å²) in [5.74, 6) is 1.05. The van der Waals surface area contributed by atoms with Crippen LogP contribution in [0.15, 0.2) is 59.7 Å². The molecule has 1 fully saturated rings. The van der Waals surface area contributed by atoms with E-state index in [-0.39, 0.29) is 11.6 Å². The second-order valence-corrected chi connectivity index (χ2v) is 7.71. The lowest BCUT2D eigenvalue weighted by Gasteiger charge is -2.22. The molecule has 3 aromatic heterocycles. The van der Waals surface area contributed by atoms with Crippen molar-refractivity contribution < 1.29 is 0 Å². The molecule has 29 heavy (non-hydrogen) atoms. The molecule has 0 bridgehead atoms. The standard InChI is InChI=1S/C22H24N6O/c1-16-9-11-26-14-18(24-20(26)12-16)15-27-22(29)28(19-7-3-2-4-8-19)21(25-27)17-6-5-10-23-13-17/h2-4,7-9,11-12,14,17,23H,5-6,10,13,15H2,1H3/t17-/m1/s1. The van der Waals surface area contributed by atoms with Crippen molar-refractivity contribution in [1.82, 2.24) is 29.0 Å². The molecule has 148 valence electrons. The fraction of sp³-hybridized carbons (Fsp3) is 0.318. The molecule has 1 aliphatic heterocycles. The van der Waals surface area contributed by atoms with Gasteiger partial charge in [0.05, 0.1) is 17.9 Å². The minimum absolute atomic E-state index is 0.120. The number of benzene rings is 1. The van der Waals surface area contributed by atoms with Gasteiger partial charge in [0, 0.05) is 24.9 Å². The number of rotatable bonds is 4. The Bertz CT molecular complexity index is 1200. The van der Waals surface area contributed by atoms with E-state index in [1.54, 1.807) is 9.25 Å². The van der Waals surface area contributed by atoms with Crippen LogP contribution in [0.5, 0.6) is 0 Å². The lowest BCUT2D eigenvalue weighted by Crippen LogP contribution is -2.31. The molecule has 7 heteroatoms. The highest BCUT2D eigenvalue weighted by atomic mass is 16.2. The van der Waals surface area contributed by atoms with Crippen molar-refractivity contribution in [3.8, 4) is 5.69 Å². The van der Waals surface area contributed by atoms with Gasteiger partial charge in [0.15, 0.2) is 0 Å². The highest BCUT2D eigenvalue weighted by Crippen LogP contribution is 2.23. The first-order chi connectivity index (χ1) is 14.2. The van der Waals surface area contributed by atoms with Crippen LogP contribution in [0, 0.1) is 6.92 Å². The summed E-state index contributed by atoms with van der Waals surface area (Å²) < 4.78 is 5.29. The molecular formula is C22H24N6O. The van der Waals surface area contributed by atoms with Gasteiger partial charge in [0.25, 0.3) is 0 Å². The first-order valence-corrected chi connectivity index (χ1v) is 10.1. The number of fused-ring (bicyclic) bond motifs is 1. The molecule has 4 heterocycles. The molecule has 1 aliphatic rings. The average Bonchev–Trinajstić information content (AvgIpc) is 3.29. The van der Waals surface area contributed by atoms with Crippen LogP contribution >= 0.6 is 0 Å². The molecule has 5 rings (SSSR count). The fourth-order valence-corrected chi connectivity index (χ4v) is 4.05. The van der Waals surface area contributed by atoms with Crippen LogP contribution in [0.25, 0.3) is 11.3 Å².